The summed E-state index contributed by atoms with van der Waals surface area (Å²) in [5.74, 6) is -0.139. The van der Waals surface area contributed by atoms with Gasteiger partial charge in [0.15, 0.2) is 0 Å². The van der Waals surface area contributed by atoms with Crippen molar-refractivity contribution in [2.75, 3.05) is 13.1 Å². The predicted octanol–water partition coefficient (Wildman–Crippen LogP) is 4.56. The van der Waals surface area contributed by atoms with Crippen LogP contribution in [-0.4, -0.2) is 43.2 Å². The molecule has 1 amide bonds. The Morgan fingerprint density at radius 3 is 2.84 bits per heavy atom. The summed E-state index contributed by atoms with van der Waals surface area (Å²) in [4.78, 5) is 26.2. The molecule has 4 aromatic heterocycles. The Balaban J connectivity index is 1.38. The summed E-state index contributed by atoms with van der Waals surface area (Å²) in [7, 11) is 0. The Kier molecular flexibility index (Phi) is 4.49. The van der Waals surface area contributed by atoms with Crippen molar-refractivity contribution in [2.24, 2.45) is 0 Å². The van der Waals surface area contributed by atoms with Crippen LogP contribution < -0.4 is 0 Å². The molecule has 0 aliphatic carbocycles. The second-order valence-electron chi connectivity index (χ2n) is 8.04. The highest BCUT2D eigenvalue weighted by molar-refractivity contribution is 5.93. The third kappa shape index (κ3) is 3.64. The van der Waals surface area contributed by atoms with Crippen LogP contribution in [0.2, 0.25) is 0 Å². The molecule has 1 aliphatic heterocycles. The van der Waals surface area contributed by atoms with Gasteiger partial charge in [-0.05, 0) is 55.7 Å². The molecule has 0 radical (unpaired) electrons. The van der Waals surface area contributed by atoms with Gasteiger partial charge >= 0.3 is 6.18 Å². The monoisotopic (exact) mass is 427 g/mol. The normalized spacial score (nSPS) is 17.5. The highest BCUT2D eigenvalue weighted by atomic mass is 19.4. The van der Waals surface area contributed by atoms with Gasteiger partial charge in [-0.3, -0.25) is 4.79 Å². The molecule has 0 aromatic carbocycles. The van der Waals surface area contributed by atoms with Crippen molar-refractivity contribution in [1.29, 1.82) is 0 Å². The Hall–Kier alpha value is -3.36. The molecule has 0 bridgehead atoms. The van der Waals surface area contributed by atoms with Gasteiger partial charge in [-0.2, -0.15) is 13.2 Å². The molecule has 4 aromatic rings. The van der Waals surface area contributed by atoms with Gasteiger partial charge in [-0.15, -0.1) is 0 Å². The molecule has 1 aliphatic rings. The van der Waals surface area contributed by atoms with E-state index < -0.39 is 11.9 Å². The number of halogens is 3. The van der Waals surface area contributed by atoms with Crippen molar-refractivity contribution in [3.8, 4) is 0 Å². The maximum atomic E-state index is 13.1. The smallest absolute Gasteiger partial charge is 0.357 e. The topological polar surface area (TPSA) is 66.3 Å². The highest BCUT2D eigenvalue weighted by Crippen LogP contribution is 2.32. The van der Waals surface area contributed by atoms with E-state index in [1.54, 1.807) is 17.2 Å². The van der Waals surface area contributed by atoms with Crippen LogP contribution in [0.1, 0.15) is 46.2 Å². The van der Waals surface area contributed by atoms with E-state index in [2.05, 4.69) is 15.0 Å². The Bertz CT molecular complexity index is 1290. The fourth-order valence-corrected chi connectivity index (χ4v) is 4.17. The standard InChI is InChI=1S/C22H20F3N5O/c1-13-6-8-29-12-18(28-20(29)9-13)21(31)30-7-2-3-14(11-30)16-10-17-15(26-16)4-5-19(27-17)22(23,24)25/h4-6,8-10,12,14,26H,2-3,7,11H2,1H3/t14-/m0/s1. The lowest BCUT2D eigenvalue weighted by molar-refractivity contribution is -0.140. The molecule has 9 heteroatoms. The summed E-state index contributed by atoms with van der Waals surface area (Å²) in [6.07, 6.45) is 0.769. The number of H-pyrrole nitrogens is 1. The van der Waals surface area contributed by atoms with E-state index in [1.807, 2.05) is 29.7 Å². The van der Waals surface area contributed by atoms with E-state index >= 15 is 0 Å². The zero-order valence-corrected chi connectivity index (χ0v) is 16.8. The molecular weight excluding hydrogens is 407 g/mol. The average Bonchev–Trinajstić information content (AvgIpc) is 3.35. The van der Waals surface area contributed by atoms with E-state index in [0.29, 0.717) is 24.3 Å². The first-order chi connectivity index (χ1) is 14.8. The number of aromatic nitrogens is 4. The molecule has 1 saturated heterocycles. The van der Waals surface area contributed by atoms with Crippen molar-refractivity contribution in [3.05, 3.63) is 65.4 Å². The first-order valence-corrected chi connectivity index (χ1v) is 10.1. The van der Waals surface area contributed by atoms with E-state index in [0.717, 1.165) is 35.8 Å². The van der Waals surface area contributed by atoms with Crippen LogP contribution in [-0.2, 0) is 6.18 Å². The third-order valence-corrected chi connectivity index (χ3v) is 5.77. The largest absolute Gasteiger partial charge is 0.433 e. The molecule has 1 atom stereocenters. The van der Waals surface area contributed by atoms with Gasteiger partial charge in [0.1, 0.15) is 17.0 Å². The van der Waals surface area contributed by atoms with E-state index in [9.17, 15) is 18.0 Å². The third-order valence-electron chi connectivity index (χ3n) is 5.77. The Morgan fingerprint density at radius 1 is 1.19 bits per heavy atom. The number of carbonyl (C=O) groups excluding carboxylic acids is 1. The number of carbonyl (C=O) groups is 1. The Morgan fingerprint density at radius 2 is 2.03 bits per heavy atom. The number of imidazole rings is 1. The number of fused-ring (bicyclic) bond motifs is 2. The quantitative estimate of drug-likeness (QED) is 0.510. The molecule has 160 valence electrons. The number of aromatic amines is 1. The van der Waals surface area contributed by atoms with Crippen LogP contribution in [0.25, 0.3) is 16.7 Å². The van der Waals surface area contributed by atoms with Crippen LogP contribution in [0, 0.1) is 6.92 Å². The van der Waals surface area contributed by atoms with Gasteiger partial charge in [-0.1, -0.05) is 0 Å². The Labute approximate surface area is 175 Å². The summed E-state index contributed by atoms with van der Waals surface area (Å²) < 4.78 is 40.7. The highest BCUT2D eigenvalue weighted by Gasteiger charge is 2.33. The first kappa shape index (κ1) is 19.6. The van der Waals surface area contributed by atoms with Gasteiger partial charge in [0.2, 0.25) is 0 Å². The number of alkyl halides is 3. The second kappa shape index (κ2) is 7.11. The van der Waals surface area contributed by atoms with Crippen LogP contribution in [0.15, 0.2) is 42.7 Å². The van der Waals surface area contributed by atoms with Gasteiger partial charge in [0, 0.05) is 37.1 Å². The number of piperidine rings is 1. The summed E-state index contributed by atoms with van der Waals surface area (Å²) in [6, 6.07) is 7.91. The van der Waals surface area contributed by atoms with Crippen molar-refractivity contribution >= 4 is 22.6 Å². The number of amides is 1. The number of likely N-dealkylation sites (tertiary alicyclic amines) is 1. The maximum absolute atomic E-state index is 13.1. The SMILES string of the molecule is Cc1ccn2cc(C(=O)N3CCC[C@H](c4cc5nc(C(F)(F)F)ccc5[nH]4)C3)nc2c1. The van der Waals surface area contributed by atoms with Crippen molar-refractivity contribution in [1.82, 2.24) is 24.3 Å². The number of pyridine rings is 2. The van der Waals surface area contributed by atoms with Gasteiger partial charge in [-0.25, -0.2) is 9.97 Å². The fourth-order valence-electron chi connectivity index (χ4n) is 4.17. The second-order valence-corrected chi connectivity index (χ2v) is 8.04. The molecule has 1 fully saturated rings. The summed E-state index contributed by atoms with van der Waals surface area (Å²) in [5, 5.41) is 0. The van der Waals surface area contributed by atoms with Gasteiger partial charge < -0.3 is 14.3 Å². The predicted molar refractivity (Wildman–Crippen MR) is 109 cm³/mol. The molecule has 1 N–H and O–H groups in total. The average molecular weight is 427 g/mol. The van der Waals surface area contributed by atoms with E-state index in [4.69, 9.17) is 0 Å². The number of nitrogens with zero attached hydrogens (tertiary/aromatic N) is 4. The minimum Gasteiger partial charge on any atom is -0.357 e. The van der Waals surface area contributed by atoms with E-state index in [1.165, 1.54) is 6.07 Å². The van der Waals surface area contributed by atoms with Crippen molar-refractivity contribution in [2.45, 2.75) is 31.9 Å². The zero-order valence-electron chi connectivity index (χ0n) is 16.8. The molecule has 5 rings (SSSR count). The van der Waals surface area contributed by atoms with E-state index in [-0.39, 0.29) is 17.3 Å². The lowest BCUT2D eigenvalue weighted by atomic mass is 9.94. The molecule has 0 saturated carbocycles. The van der Waals surface area contributed by atoms with Crippen molar-refractivity contribution < 1.29 is 18.0 Å². The van der Waals surface area contributed by atoms with Gasteiger partial charge in [0.25, 0.3) is 5.91 Å². The summed E-state index contributed by atoms with van der Waals surface area (Å²) >= 11 is 0. The van der Waals surface area contributed by atoms with Crippen LogP contribution in [0.4, 0.5) is 13.2 Å². The van der Waals surface area contributed by atoms with Crippen LogP contribution >= 0.6 is 0 Å². The summed E-state index contributed by atoms with van der Waals surface area (Å²) in [5.41, 5.74) is 2.90. The minimum absolute atomic E-state index is 0.000475. The number of nitrogens with one attached hydrogen (secondary N) is 1. The number of hydrogen-bond acceptors (Lipinski definition) is 3. The maximum Gasteiger partial charge on any atom is 0.433 e. The molecule has 6 nitrogen and oxygen atoms in total. The zero-order chi connectivity index (χ0) is 21.8. The number of rotatable bonds is 2. The molecular formula is C22H20F3N5O. The van der Waals surface area contributed by atoms with Crippen LogP contribution in [0.5, 0.6) is 0 Å². The number of hydrogen-bond donors (Lipinski definition) is 1. The molecule has 5 heterocycles. The molecule has 0 spiro atoms. The first-order valence-electron chi connectivity index (χ1n) is 10.1. The lowest BCUT2D eigenvalue weighted by Gasteiger charge is -2.32. The minimum atomic E-state index is -4.48. The molecule has 31 heavy (non-hydrogen) atoms. The lowest BCUT2D eigenvalue weighted by Crippen LogP contribution is -2.39. The van der Waals surface area contributed by atoms with Crippen molar-refractivity contribution in [3.63, 3.8) is 0 Å². The van der Waals surface area contributed by atoms with Crippen LogP contribution in [0.3, 0.4) is 0 Å². The number of aryl methyl sites for hydroxylation is 1. The van der Waals surface area contributed by atoms with Gasteiger partial charge in [0.05, 0.1) is 11.0 Å². The fraction of sp³-hybridized carbons (Fsp3) is 0.318. The summed E-state index contributed by atoms with van der Waals surface area (Å²) in [6.45, 7) is 3.07. The molecule has 0 unspecified atom stereocenters.